The Hall–Kier alpha value is -6.14. The highest BCUT2D eigenvalue weighted by molar-refractivity contribution is 5.90. The molecule has 0 bridgehead atoms. The first-order valence-electron chi connectivity index (χ1n) is 20.6. The van der Waals surface area contributed by atoms with Crippen LogP contribution in [0.3, 0.4) is 0 Å². The molecule has 5 rings (SSSR count). The summed E-state index contributed by atoms with van der Waals surface area (Å²) in [5.74, 6) is 2.07. The molecule has 302 valence electrons. The second-order valence-corrected chi connectivity index (χ2v) is 14.3. The number of rotatable bonds is 26. The summed E-state index contributed by atoms with van der Waals surface area (Å²) in [6.45, 7) is 2.38. The van der Waals surface area contributed by atoms with E-state index in [1.807, 2.05) is 84.9 Å². The van der Waals surface area contributed by atoms with Crippen molar-refractivity contribution in [1.29, 1.82) is 5.26 Å². The van der Waals surface area contributed by atoms with Gasteiger partial charge in [-0.05, 0) is 121 Å². The van der Waals surface area contributed by atoms with E-state index in [2.05, 4.69) is 18.2 Å². The monoisotopic (exact) mass is 782 g/mol. The van der Waals surface area contributed by atoms with Gasteiger partial charge in [-0.3, -0.25) is 10.1 Å². The maximum atomic E-state index is 12.6. The average Bonchev–Trinajstić information content (AvgIpc) is 3.26. The predicted octanol–water partition coefficient (Wildman–Crippen LogP) is 12.6. The molecule has 0 amide bonds. The van der Waals surface area contributed by atoms with E-state index in [1.165, 1.54) is 44.2 Å². The third-order valence-corrected chi connectivity index (χ3v) is 9.92. The van der Waals surface area contributed by atoms with Gasteiger partial charge in [-0.25, -0.2) is 4.79 Å². The number of nitrogens with zero attached hydrogens (tertiary/aromatic N) is 2. The first-order valence-corrected chi connectivity index (χ1v) is 20.6. The van der Waals surface area contributed by atoms with Crippen molar-refractivity contribution in [1.82, 2.24) is 0 Å². The Morgan fingerprint density at radius 1 is 0.466 bits per heavy atom. The summed E-state index contributed by atoms with van der Waals surface area (Å²) in [6, 6.07) is 39.6. The van der Waals surface area contributed by atoms with Gasteiger partial charge in [0.2, 0.25) is 0 Å². The fourth-order valence-electron chi connectivity index (χ4n) is 6.50. The average molecular weight is 783 g/mol. The first-order chi connectivity index (χ1) is 28.5. The van der Waals surface area contributed by atoms with Crippen molar-refractivity contribution in [3.63, 3.8) is 0 Å². The van der Waals surface area contributed by atoms with E-state index in [0.717, 1.165) is 91.7 Å². The number of benzene rings is 5. The predicted molar refractivity (Wildman–Crippen MR) is 228 cm³/mol. The van der Waals surface area contributed by atoms with E-state index in [9.17, 15) is 14.9 Å². The molecule has 0 fully saturated rings. The van der Waals surface area contributed by atoms with Gasteiger partial charge < -0.3 is 18.9 Å². The Balaban J connectivity index is 0.827. The number of hydrogen-bond donors (Lipinski definition) is 0. The second-order valence-electron chi connectivity index (χ2n) is 14.3. The molecule has 9 nitrogen and oxygen atoms in total. The third-order valence-electron chi connectivity index (χ3n) is 9.92. The van der Waals surface area contributed by atoms with Gasteiger partial charge in [0.05, 0.1) is 48.5 Å². The Morgan fingerprint density at radius 3 is 1.17 bits per heavy atom. The molecule has 0 aliphatic rings. The zero-order chi connectivity index (χ0) is 40.6. The number of hydrogen-bond acceptors (Lipinski definition) is 8. The van der Waals surface area contributed by atoms with Gasteiger partial charge in [-0.15, -0.1) is 0 Å². The van der Waals surface area contributed by atoms with E-state index in [4.69, 9.17) is 24.2 Å². The van der Waals surface area contributed by atoms with Gasteiger partial charge in [-0.2, -0.15) is 5.26 Å². The van der Waals surface area contributed by atoms with Crippen LogP contribution in [0.2, 0.25) is 0 Å². The summed E-state index contributed by atoms with van der Waals surface area (Å²) >= 11 is 0. The Labute approximate surface area is 342 Å². The minimum Gasteiger partial charge on any atom is -0.494 e. The Morgan fingerprint density at radius 2 is 0.793 bits per heavy atom. The summed E-state index contributed by atoms with van der Waals surface area (Å²) in [5.41, 5.74) is 5.55. The van der Waals surface area contributed by atoms with Gasteiger partial charge in [0.15, 0.2) is 0 Å². The van der Waals surface area contributed by atoms with Crippen LogP contribution in [0.25, 0.3) is 22.3 Å². The van der Waals surface area contributed by atoms with Crippen LogP contribution >= 0.6 is 0 Å². The number of ether oxygens (including phenoxy) is 4. The number of carbonyl (C=O) groups excluding carboxylic acids is 1. The van der Waals surface area contributed by atoms with Crippen LogP contribution in [-0.2, 0) is 4.74 Å². The van der Waals surface area contributed by atoms with Crippen LogP contribution in [0.15, 0.2) is 121 Å². The molecule has 58 heavy (non-hydrogen) atoms. The van der Waals surface area contributed by atoms with Crippen molar-refractivity contribution < 1.29 is 28.7 Å². The molecule has 0 N–H and O–H groups in total. The Kier molecular flexibility index (Phi) is 18.1. The number of nitro benzene ring substituents is 1. The molecule has 9 heteroatoms. The molecule has 0 unspecified atom stereocenters. The van der Waals surface area contributed by atoms with E-state index < -0.39 is 4.92 Å². The summed E-state index contributed by atoms with van der Waals surface area (Å²) in [6.07, 6.45) is 14.1. The lowest BCUT2D eigenvalue weighted by molar-refractivity contribution is -0.384. The normalized spacial score (nSPS) is 10.7. The van der Waals surface area contributed by atoms with Gasteiger partial charge in [0.25, 0.3) is 5.69 Å². The molecular formula is C49H54N2O7. The molecule has 0 saturated heterocycles. The molecule has 0 radical (unpaired) electrons. The standard InChI is InChI=1S/C49H54N2O7/c50-38-39-14-16-40(17-15-39)42-22-28-46(29-23-42)55-34-10-6-4-2-1-3-5-7-13-37-58-49(52)44-20-18-41(19-21-44)43-24-30-47(31-25-43)56-35-11-8-9-12-36-57-48-32-26-45(27-33-48)51(53)54/h14-33H,1-13,34-37H2. The fourth-order valence-corrected chi connectivity index (χ4v) is 6.50. The maximum Gasteiger partial charge on any atom is 0.338 e. The molecule has 0 aliphatic heterocycles. The van der Waals surface area contributed by atoms with Crippen LogP contribution in [0.4, 0.5) is 5.69 Å². The minimum atomic E-state index is -0.420. The van der Waals surface area contributed by atoms with Crippen LogP contribution in [0.1, 0.15) is 99.4 Å². The van der Waals surface area contributed by atoms with Crippen molar-refractivity contribution >= 4 is 11.7 Å². The van der Waals surface area contributed by atoms with Crippen molar-refractivity contribution in [2.45, 2.75) is 83.5 Å². The van der Waals surface area contributed by atoms with Crippen molar-refractivity contribution in [3.05, 3.63) is 143 Å². The number of carbonyl (C=O) groups is 1. The lowest BCUT2D eigenvalue weighted by Crippen LogP contribution is -2.06. The molecule has 0 aromatic heterocycles. The zero-order valence-corrected chi connectivity index (χ0v) is 33.3. The van der Waals surface area contributed by atoms with E-state index >= 15 is 0 Å². The number of nitro groups is 1. The molecule has 5 aromatic rings. The summed E-state index contributed by atoms with van der Waals surface area (Å²) in [7, 11) is 0. The van der Waals surface area contributed by atoms with Crippen LogP contribution in [0, 0.1) is 21.4 Å². The molecule has 0 aliphatic carbocycles. The number of non-ortho nitro benzene ring substituents is 1. The molecule has 0 spiro atoms. The summed E-state index contributed by atoms with van der Waals surface area (Å²) in [4.78, 5) is 22.9. The Bertz CT molecular complexity index is 1990. The van der Waals surface area contributed by atoms with E-state index in [0.29, 0.717) is 36.7 Å². The summed E-state index contributed by atoms with van der Waals surface area (Å²) in [5, 5.41) is 19.7. The van der Waals surface area contributed by atoms with Crippen LogP contribution in [0.5, 0.6) is 17.2 Å². The number of unbranched alkanes of at least 4 members (excludes halogenated alkanes) is 11. The van der Waals surface area contributed by atoms with Crippen LogP contribution < -0.4 is 14.2 Å². The molecule has 0 atom stereocenters. The zero-order valence-electron chi connectivity index (χ0n) is 33.3. The highest BCUT2D eigenvalue weighted by Crippen LogP contribution is 2.25. The van der Waals surface area contributed by atoms with Crippen molar-refractivity contribution in [2.24, 2.45) is 0 Å². The third kappa shape index (κ3) is 15.1. The molecule has 5 aromatic carbocycles. The molecule has 0 heterocycles. The maximum absolute atomic E-state index is 12.6. The fraction of sp³-hybridized carbons (Fsp3) is 0.347. The van der Waals surface area contributed by atoms with E-state index in [-0.39, 0.29) is 11.7 Å². The highest BCUT2D eigenvalue weighted by atomic mass is 16.6. The number of esters is 1. The lowest BCUT2D eigenvalue weighted by Gasteiger charge is -2.09. The highest BCUT2D eigenvalue weighted by Gasteiger charge is 2.09. The SMILES string of the molecule is N#Cc1ccc(-c2ccc(OCCCCCCCCCCCOC(=O)c3ccc(-c4ccc(OCCCCCCOc5ccc([N+](=O)[O-])cc5)cc4)cc3)cc2)cc1. The lowest BCUT2D eigenvalue weighted by atomic mass is 10.0. The van der Waals surface area contributed by atoms with Crippen LogP contribution in [-0.4, -0.2) is 37.3 Å². The minimum absolute atomic E-state index is 0.0583. The van der Waals surface area contributed by atoms with Gasteiger partial charge >= 0.3 is 5.97 Å². The smallest absolute Gasteiger partial charge is 0.338 e. The molecular weight excluding hydrogens is 729 g/mol. The van der Waals surface area contributed by atoms with Gasteiger partial charge in [0.1, 0.15) is 17.2 Å². The summed E-state index contributed by atoms with van der Waals surface area (Å²) < 4.78 is 23.1. The second kappa shape index (κ2) is 24.5. The first kappa shape index (κ1) is 43.0. The quantitative estimate of drug-likeness (QED) is 0.0235. The van der Waals surface area contributed by atoms with Gasteiger partial charge in [-0.1, -0.05) is 93.5 Å². The molecule has 0 saturated carbocycles. The van der Waals surface area contributed by atoms with Crippen molar-refractivity contribution in [3.8, 4) is 45.6 Å². The topological polar surface area (TPSA) is 121 Å². The van der Waals surface area contributed by atoms with Crippen molar-refractivity contribution in [2.75, 3.05) is 26.4 Å². The van der Waals surface area contributed by atoms with E-state index in [1.54, 1.807) is 12.1 Å². The largest absolute Gasteiger partial charge is 0.494 e. The van der Waals surface area contributed by atoms with Gasteiger partial charge in [0, 0.05) is 12.1 Å². The number of nitriles is 1.